The molecule has 2 N–H and O–H groups in total. The van der Waals surface area contributed by atoms with Crippen LogP contribution in [0.5, 0.6) is 0 Å². The van der Waals surface area contributed by atoms with Gasteiger partial charge in [0.05, 0.1) is 17.3 Å². The molecule has 2 amide bonds. The highest BCUT2D eigenvalue weighted by atomic mass is 32.2. The van der Waals surface area contributed by atoms with Crippen molar-refractivity contribution in [1.29, 1.82) is 0 Å². The monoisotopic (exact) mass is 428 g/mol. The Bertz CT molecular complexity index is 982. The molecule has 0 aliphatic carbocycles. The second kappa shape index (κ2) is 10.0. The number of hydrogen-bond donors (Lipinski definition) is 2. The van der Waals surface area contributed by atoms with Gasteiger partial charge in [-0.25, -0.2) is 0 Å². The molecule has 0 aliphatic heterocycles. The van der Waals surface area contributed by atoms with Gasteiger partial charge in [-0.15, -0.1) is 22.0 Å². The van der Waals surface area contributed by atoms with E-state index in [0.717, 1.165) is 11.3 Å². The smallest absolute Gasteiger partial charge is 0.239 e. The van der Waals surface area contributed by atoms with E-state index in [1.165, 1.54) is 23.1 Å². The lowest BCUT2D eigenvalue weighted by Gasteiger charge is -2.10. The fourth-order valence-corrected chi connectivity index (χ4v) is 3.54. The Labute approximate surface area is 176 Å². The minimum atomic E-state index is -0.412. The molecule has 1 atom stereocenters. The van der Waals surface area contributed by atoms with E-state index in [0.29, 0.717) is 15.9 Å². The highest BCUT2D eigenvalue weighted by Gasteiger charge is 2.17. The Balaban J connectivity index is 1.44. The molecule has 7 nitrogen and oxygen atoms in total. The number of hydrogen-bond acceptors (Lipinski definition) is 7. The molecule has 0 saturated carbocycles. The van der Waals surface area contributed by atoms with Crippen molar-refractivity contribution in [3.63, 3.8) is 0 Å². The van der Waals surface area contributed by atoms with E-state index in [1.807, 2.05) is 37.3 Å². The molecular weight excluding hydrogens is 408 g/mol. The second-order valence-corrected chi connectivity index (χ2v) is 8.49. The van der Waals surface area contributed by atoms with Crippen LogP contribution < -0.4 is 10.6 Å². The molecule has 3 rings (SSSR count). The van der Waals surface area contributed by atoms with Crippen LogP contribution in [0.4, 0.5) is 10.8 Å². The van der Waals surface area contributed by atoms with Crippen molar-refractivity contribution in [3.05, 3.63) is 59.0 Å². The molecule has 0 fully saturated rings. The third-order valence-electron chi connectivity index (χ3n) is 3.77. The van der Waals surface area contributed by atoms with Crippen LogP contribution in [-0.4, -0.2) is 33.0 Å². The molecule has 3 aromatic rings. The number of aryl methyl sites for hydroxylation is 1. The molecule has 0 bridgehead atoms. The summed E-state index contributed by atoms with van der Waals surface area (Å²) in [6, 6.07) is 11.2. The second-order valence-electron chi connectivity index (χ2n) is 6.15. The molecule has 0 aliphatic rings. The maximum atomic E-state index is 12.3. The Kier molecular flexibility index (Phi) is 7.20. The predicted octanol–water partition coefficient (Wildman–Crippen LogP) is 4.31. The standard InChI is InChI=1S/C20H20N4O3S2/c1-13-5-7-15(8-6-13)21-17(25)12-28-14(2)19(26)22-20-24-23-18(29-20)10-9-16-4-3-11-27-16/h3-11,14H,12H2,1-2H3,(H,21,25)(H,22,24,26)/b10-9+. The summed E-state index contributed by atoms with van der Waals surface area (Å²) in [5.41, 5.74) is 1.86. The maximum Gasteiger partial charge on any atom is 0.239 e. The van der Waals surface area contributed by atoms with Gasteiger partial charge in [0.1, 0.15) is 10.8 Å². The van der Waals surface area contributed by atoms with E-state index >= 15 is 0 Å². The topological polar surface area (TPSA) is 97.1 Å². The molecule has 2 heterocycles. The van der Waals surface area contributed by atoms with Gasteiger partial charge in [-0.1, -0.05) is 29.0 Å². The number of nitrogens with zero attached hydrogens (tertiary/aromatic N) is 2. The molecule has 0 spiro atoms. The Morgan fingerprint density at radius 2 is 1.97 bits per heavy atom. The first-order valence-electron chi connectivity index (χ1n) is 8.83. The van der Waals surface area contributed by atoms with Crippen LogP contribution in [0.2, 0.25) is 0 Å². The lowest BCUT2D eigenvalue weighted by Crippen LogP contribution is -2.25. The first kappa shape index (κ1) is 20.8. The molecule has 0 radical (unpaired) electrons. The summed E-state index contributed by atoms with van der Waals surface area (Å²) in [6.07, 6.45) is 5.13. The fraction of sp³-hybridized carbons (Fsp3) is 0.200. The number of carbonyl (C=O) groups excluding carboxylic acids is 2. The molecule has 1 unspecified atom stereocenters. The minimum Gasteiger partial charge on any atom is -0.465 e. The van der Waals surface area contributed by atoms with Crippen LogP contribution in [0.25, 0.3) is 12.2 Å². The summed E-state index contributed by atoms with van der Waals surface area (Å²) in [5.74, 6) is 0.505. The number of anilines is 2. The Hall–Kier alpha value is -2.91. The van der Waals surface area contributed by atoms with Gasteiger partial charge in [-0.2, -0.15) is 0 Å². The van der Waals surface area contributed by atoms with Gasteiger partial charge in [-0.3, -0.25) is 14.9 Å². The van der Waals surface area contributed by atoms with E-state index in [1.54, 1.807) is 31.4 Å². The third-order valence-corrected chi connectivity index (χ3v) is 5.72. The number of amides is 2. The van der Waals surface area contributed by atoms with Gasteiger partial charge in [0.15, 0.2) is 0 Å². The normalized spacial score (nSPS) is 12.1. The minimum absolute atomic E-state index is 0.153. The first-order valence-corrected chi connectivity index (χ1v) is 10.7. The lowest BCUT2D eigenvalue weighted by molar-refractivity contribution is -0.115. The molecule has 29 heavy (non-hydrogen) atoms. The predicted molar refractivity (Wildman–Crippen MR) is 118 cm³/mol. The van der Waals surface area contributed by atoms with E-state index < -0.39 is 5.25 Å². The summed E-state index contributed by atoms with van der Waals surface area (Å²) >= 11 is 2.51. The molecule has 0 saturated heterocycles. The summed E-state index contributed by atoms with van der Waals surface area (Å²) in [6.45, 7) is 3.73. The van der Waals surface area contributed by atoms with Crippen molar-refractivity contribution in [3.8, 4) is 0 Å². The number of furan rings is 1. The molecule has 9 heteroatoms. The SMILES string of the molecule is Cc1ccc(NC(=O)CSC(C)C(=O)Nc2nnc(/C=C/c3ccco3)s2)cc1. The summed E-state index contributed by atoms with van der Waals surface area (Å²) in [7, 11) is 0. The Morgan fingerprint density at radius 3 is 2.69 bits per heavy atom. The summed E-state index contributed by atoms with van der Waals surface area (Å²) < 4.78 is 5.21. The van der Waals surface area contributed by atoms with Crippen molar-refractivity contribution < 1.29 is 14.0 Å². The van der Waals surface area contributed by atoms with Crippen molar-refractivity contribution in [1.82, 2.24) is 10.2 Å². The molecule has 1 aromatic carbocycles. The quantitative estimate of drug-likeness (QED) is 0.555. The number of benzene rings is 1. The highest BCUT2D eigenvalue weighted by molar-refractivity contribution is 8.01. The van der Waals surface area contributed by atoms with Crippen LogP contribution in [0.1, 0.15) is 23.3 Å². The molecular formula is C20H20N4O3S2. The van der Waals surface area contributed by atoms with Crippen molar-refractivity contribution in [2.45, 2.75) is 19.1 Å². The van der Waals surface area contributed by atoms with Crippen molar-refractivity contribution in [2.24, 2.45) is 0 Å². The fourth-order valence-electron chi connectivity index (χ4n) is 2.21. The van der Waals surface area contributed by atoms with Crippen LogP contribution in [0.15, 0.2) is 47.1 Å². The number of carbonyl (C=O) groups is 2. The van der Waals surface area contributed by atoms with Crippen LogP contribution in [0, 0.1) is 6.92 Å². The van der Waals surface area contributed by atoms with Gasteiger partial charge in [-0.05, 0) is 50.3 Å². The first-order chi connectivity index (χ1) is 14.0. The largest absolute Gasteiger partial charge is 0.465 e. The number of rotatable bonds is 8. The van der Waals surface area contributed by atoms with Crippen molar-refractivity contribution in [2.75, 3.05) is 16.4 Å². The van der Waals surface area contributed by atoms with Gasteiger partial charge < -0.3 is 9.73 Å². The van der Waals surface area contributed by atoms with Crippen molar-refractivity contribution >= 4 is 57.9 Å². The van der Waals surface area contributed by atoms with Gasteiger partial charge in [0.25, 0.3) is 0 Å². The van der Waals surface area contributed by atoms with Gasteiger partial charge in [0.2, 0.25) is 16.9 Å². The van der Waals surface area contributed by atoms with E-state index in [9.17, 15) is 9.59 Å². The highest BCUT2D eigenvalue weighted by Crippen LogP contribution is 2.20. The zero-order chi connectivity index (χ0) is 20.6. The summed E-state index contributed by atoms with van der Waals surface area (Å²) in [5, 5.41) is 14.2. The number of nitrogens with one attached hydrogen (secondary N) is 2. The maximum absolute atomic E-state index is 12.3. The zero-order valence-electron chi connectivity index (χ0n) is 15.9. The van der Waals surface area contributed by atoms with Gasteiger partial charge in [0, 0.05) is 5.69 Å². The van der Waals surface area contributed by atoms with E-state index in [2.05, 4.69) is 20.8 Å². The average molecular weight is 429 g/mol. The van der Waals surface area contributed by atoms with E-state index in [4.69, 9.17) is 4.42 Å². The Morgan fingerprint density at radius 1 is 1.17 bits per heavy atom. The van der Waals surface area contributed by atoms with Crippen LogP contribution in [-0.2, 0) is 9.59 Å². The number of thioether (sulfide) groups is 1. The van der Waals surface area contributed by atoms with Gasteiger partial charge >= 0.3 is 0 Å². The van der Waals surface area contributed by atoms with Crippen LogP contribution >= 0.6 is 23.1 Å². The number of aromatic nitrogens is 2. The average Bonchev–Trinajstić information content (AvgIpc) is 3.38. The lowest BCUT2D eigenvalue weighted by atomic mass is 10.2. The van der Waals surface area contributed by atoms with E-state index in [-0.39, 0.29) is 17.6 Å². The summed E-state index contributed by atoms with van der Waals surface area (Å²) in [4.78, 5) is 24.4. The van der Waals surface area contributed by atoms with Crippen LogP contribution in [0.3, 0.4) is 0 Å². The zero-order valence-corrected chi connectivity index (χ0v) is 17.5. The third kappa shape index (κ3) is 6.58. The molecule has 150 valence electrons. The molecule has 2 aromatic heterocycles.